The summed E-state index contributed by atoms with van der Waals surface area (Å²) in [4.78, 5) is 11.7. The minimum absolute atomic E-state index is 0.0881. The Hall–Kier alpha value is -2.82. The van der Waals surface area contributed by atoms with Crippen molar-refractivity contribution in [2.45, 2.75) is 0 Å². The first-order chi connectivity index (χ1) is 9.16. The molecule has 0 atom stereocenters. The minimum atomic E-state index is -0.397. The maximum atomic E-state index is 11.7. The number of carbonyl (C=O) groups excluding carboxylic acids is 1. The fourth-order valence-corrected chi connectivity index (χ4v) is 1.43. The van der Waals surface area contributed by atoms with Gasteiger partial charge in [-0.05, 0) is 36.4 Å². The monoisotopic (exact) mass is 256 g/mol. The molecule has 1 amide bonds. The maximum Gasteiger partial charge on any atom is 0.271 e. The van der Waals surface area contributed by atoms with Gasteiger partial charge in [-0.2, -0.15) is 5.10 Å². The third-order valence-corrected chi connectivity index (χ3v) is 2.44. The number of rotatable bonds is 3. The second kappa shape index (κ2) is 5.68. The zero-order chi connectivity index (χ0) is 13.7. The zero-order valence-electron chi connectivity index (χ0n) is 9.95. The highest BCUT2D eigenvalue weighted by Crippen LogP contribution is 2.12. The summed E-state index contributed by atoms with van der Waals surface area (Å²) < 4.78 is 0. The molecule has 5 heteroatoms. The molecule has 0 saturated heterocycles. The van der Waals surface area contributed by atoms with E-state index in [4.69, 9.17) is 5.11 Å². The molecule has 0 aliphatic heterocycles. The summed E-state index contributed by atoms with van der Waals surface area (Å²) in [6.45, 7) is 0. The van der Waals surface area contributed by atoms with Crippen LogP contribution < -0.4 is 5.43 Å². The lowest BCUT2D eigenvalue weighted by molar-refractivity contribution is 0.0955. The van der Waals surface area contributed by atoms with Crippen LogP contribution in [0.15, 0.2) is 53.6 Å². The number of carbonyl (C=O) groups is 1. The van der Waals surface area contributed by atoms with E-state index in [1.165, 1.54) is 36.5 Å². The topological polar surface area (TPSA) is 81.9 Å². The number of para-hydroxylation sites is 1. The Labute approximate surface area is 109 Å². The number of nitrogens with one attached hydrogen (secondary N) is 1. The Morgan fingerprint density at radius 3 is 2.42 bits per heavy atom. The smallest absolute Gasteiger partial charge is 0.271 e. The van der Waals surface area contributed by atoms with E-state index in [9.17, 15) is 9.90 Å². The number of phenolic OH excluding ortho intramolecular Hbond substituents is 2. The molecule has 5 nitrogen and oxygen atoms in total. The number of benzene rings is 2. The second-order valence-electron chi connectivity index (χ2n) is 3.80. The average molecular weight is 256 g/mol. The van der Waals surface area contributed by atoms with E-state index >= 15 is 0 Å². The van der Waals surface area contributed by atoms with Gasteiger partial charge in [0.05, 0.1) is 6.21 Å². The third-order valence-electron chi connectivity index (χ3n) is 2.44. The van der Waals surface area contributed by atoms with Gasteiger partial charge >= 0.3 is 0 Å². The molecule has 0 unspecified atom stereocenters. The van der Waals surface area contributed by atoms with Gasteiger partial charge in [0.25, 0.3) is 5.91 Å². The zero-order valence-corrected chi connectivity index (χ0v) is 9.95. The largest absolute Gasteiger partial charge is 0.508 e. The SMILES string of the molecule is O=C(N/N=C/c1ccccc1O)c1ccc(O)cc1. The van der Waals surface area contributed by atoms with Gasteiger partial charge in [0.15, 0.2) is 0 Å². The molecule has 2 aromatic carbocycles. The van der Waals surface area contributed by atoms with Gasteiger partial charge in [-0.15, -0.1) is 0 Å². The average Bonchev–Trinajstić information content (AvgIpc) is 2.41. The molecule has 2 aromatic rings. The van der Waals surface area contributed by atoms with Crippen molar-refractivity contribution in [3.8, 4) is 11.5 Å². The number of nitrogens with zero attached hydrogens (tertiary/aromatic N) is 1. The molecule has 0 radical (unpaired) electrons. The fraction of sp³-hybridized carbons (Fsp3) is 0. The quantitative estimate of drug-likeness (QED) is 0.579. The Morgan fingerprint density at radius 2 is 1.74 bits per heavy atom. The van der Waals surface area contributed by atoms with Crippen molar-refractivity contribution >= 4 is 12.1 Å². The molecular weight excluding hydrogens is 244 g/mol. The van der Waals surface area contributed by atoms with Crippen LogP contribution >= 0.6 is 0 Å². The molecule has 0 saturated carbocycles. The molecule has 0 fully saturated rings. The van der Waals surface area contributed by atoms with Crippen LogP contribution in [-0.4, -0.2) is 22.3 Å². The van der Waals surface area contributed by atoms with Crippen molar-refractivity contribution in [1.29, 1.82) is 0 Å². The van der Waals surface area contributed by atoms with E-state index < -0.39 is 5.91 Å². The number of phenols is 2. The lowest BCUT2D eigenvalue weighted by Gasteiger charge is -2.00. The number of aromatic hydroxyl groups is 2. The Morgan fingerprint density at radius 1 is 1.05 bits per heavy atom. The van der Waals surface area contributed by atoms with E-state index in [1.54, 1.807) is 18.2 Å². The summed E-state index contributed by atoms with van der Waals surface area (Å²) in [5.41, 5.74) is 3.22. The highest BCUT2D eigenvalue weighted by molar-refractivity contribution is 5.95. The number of hydrazone groups is 1. The van der Waals surface area contributed by atoms with E-state index in [-0.39, 0.29) is 11.5 Å². The van der Waals surface area contributed by atoms with Gasteiger partial charge < -0.3 is 10.2 Å². The first-order valence-electron chi connectivity index (χ1n) is 5.57. The molecule has 19 heavy (non-hydrogen) atoms. The molecule has 0 bridgehead atoms. The lowest BCUT2D eigenvalue weighted by Crippen LogP contribution is -2.17. The van der Waals surface area contributed by atoms with Crippen LogP contribution in [0.3, 0.4) is 0 Å². The van der Waals surface area contributed by atoms with Gasteiger partial charge in [-0.25, -0.2) is 5.43 Å². The summed E-state index contributed by atoms with van der Waals surface area (Å²) >= 11 is 0. The second-order valence-corrected chi connectivity index (χ2v) is 3.80. The molecule has 0 spiro atoms. The summed E-state index contributed by atoms with van der Waals surface area (Å²) in [6.07, 6.45) is 1.35. The molecular formula is C14H12N2O3. The first-order valence-corrected chi connectivity index (χ1v) is 5.57. The van der Waals surface area contributed by atoms with Crippen LogP contribution in [0.4, 0.5) is 0 Å². The number of amides is 1. The van der Waals surface area contributed by atoms with Crippen LogP contribution in [0, 0.1) is 0 Å². The summed E-state index contributed by atoms with van der Waals surface area (Å²) in [5.74, 6) is -0.217. The van der Waals surface area contributed by atoms with Crippen molar-refractivity contribution in [2.75, 3.05) is 0 Å². The highest BCUT2D eigenvalue weighted by atomic mass is 16.3. The molecule has 0 aliphatic carbocycles. The van der Waals surface area contributed by atoms with E-state index in [0.717, 1.165) is 0 Å². The normalized spacial score (nSPS) is 10.5. The fourth-order valence-electron chi connectivity index (χ4n) is 1.43. The predicted octanol–water partition coefficient (Wildman–Crippen LogP) is 1.86. The van der Waals surface area contributed by atoms with Crippen molar-refractivity contribution < 1.29 is 15.0 Å². The van der Waals surface area contributed by atoms with Gasteiger partial charge in [-0.3, -0.25) is 4.79 Å². The summed E-state index contributed by atoms with van der Waals surface area (Å²) in [5, 5.41) is 22.4. The van der Waals surface area contributed by atoms with E-state index in [2.05, 4.69) is 10.5 Å². The first kappa shape index (κ1) is 12.6. The van der Waals surface area contributed by atoms with Crippen LogP contribution in [0.25, 0.3) is 0 Å². The van der Waals surface area contributed by atoms with Gasteiger partial charge in [0.2, 0.25) is 0 Å². The van der Waals surface area contributed by atoms with Crippen LogP contribution in [0.5, 0.6) is 11.5 Å². The van der Waals surface area contributed by atoms with Crippen LogP contribution in [-0.2, 0) is 0 Å². The Bertz CT molecular complexity index is 606. The van der Waals surface area contributed by atoms with Gasteiger partial charge in [-0.1, -0.05) is 12.1 Å². The molecule has 0 aliphatic rings. The molecule has 0 aromatic heterocycles. The van der Waals surface area contributed by atoms with Gasteiger partial charge in [0.1, 0.15) is 11.5 Å². The van der Waals surface area contributed by atoms with Crippen LogP contribution in [0.1, 0.15) is 15.9 Å². The standard InChI is InChI=1S/C14H12N2O3/c17-12-7-5-10(6-8-12)14(19)16-15-9-11-3-1-2-4-13(11)18/h1-9,17-18H,(H,16,19)/b15-9+. The van der Waals surface area contributed by atoms with Crippen molar-refractivity contribution in [3.63, 3.8) is 0 Å². The predicted molar refractivity (Wildman–Crippen MR) is 71.3 cm³/mol. The maximum absolute atomic E-state index is 11.7. The van der Waals surface area contributed by atoms with Crippen molar-refractivity contribution in [3.05, 3.63) is 59.7 Å². The molecule has 0 heterocycles. The Kier molecular flexibility index (Phi) is 3.78. The molecule has 2 rings (SSSR count). The lowest BCUT2D eigenvalue weighted by atomic mass is 10.2. The number of hydrogen-bond donors (Lipinski definition) is 3. The van der Waals surface area contributed by atoms with E-state index in [0.29, 0.717) is 11.1 Å². The summed E-state index contributed by atoms with van der Waals surface area (Å²) in [6, 6.07) is 12.5. The highest BCUT2D eigenvalue weighted by Gasteiger charge is 2.03. The van der Waals surface area contributed by atoms with Gasteiger partial charge in [0, 0.05) is 11.1 Å². The number of hydrogen-bond acceptors (Lipinski definition) is 4. The molecule has 3 N–H and O–H groups in total. The minimum Gasteiger partial charge on any atom is -0.508 e. The Balaban J connectivity index is 2.01. The molecule has 96 valence electrons. The van der Waals surface area contributed by atoms with Crippen LogP contribution in [0.2, 0.25) is 0 Å². The van der Waals surface area contributed by atoms with Crippen molar-refractivity contribution in [1.82, 2.24) is 5.43 Å². The van der Waals surface area contributed by atoms with Crippen molar-refractivity contribution in [2.24, 2.45) is 5.10 Å². The summed E-state index contributed by atoms with van der Waals surface area (Å²) in [7, 11) is 0. The van der Waals surface area contributed by atoms with E-state index in [1.807, 2.05) is 0 Å². The third kappa shape index (κ3) is 3.32.